The van der Waals surface area contributed by atoms with Gasteiger partial charge in [-0.05, 0) is 84.8 Å². The Morgan fingerprint density at radius 2 is 1.81 bits per heavy atom. The van der Waals surface area contributed by atoms with Crippen LogP contribution in [0.1, 0.15) is 54.9 Å². The minimum atomic E-state index is -4.86. The van der Waals surface area contributed by atoms with E-state index in [-0.39, 0.29) is 23.5 Å². The van der Waals surface area contributed by atoms with Gasteiger partial charge >= 0.3 is 6.18 Å². The molecule has 1 unspecified atom stereocenters. The van der Waals surface area contributed by atoms with Crippen LogP contribution in [0.25, 0.3) is 0 Å². The van der Waals surface area contributed by atoms with E-state index in [2.05, 4.69) is 16.4 Å². The van der Waals surface area contributed by atoms with Crippen LogP contribution in [0.15, 0.2) is 83.4 Å². The Hall–Kier alpha value is -4.33. The van der Waals surface area contributed by atoms with Crippen LogP contribution in [0.3, 0.4) is 0 Å². The fraction of sp³-hybridized carbons (Fsp3) is 0.281. The molecule has 1 atom stereocenters. The number of benzene rings is 3. The normalized spacial score (nSPS) is 15.6. The molecule has 0 aromatic heterocycles. The summed E-state index contributed by atoms with van der Waals surface area (Å²) in [4.78, 5) is 16.7. The first-order valence-electron chi connectivity index (χ1n) is 13.5. The average Bonchev–Trinajstić information content (AvgIpc) is 3.81. The van der Waals surface area contributed by atoms with Gasteiger partial charge in [-0.25, -0.2) is 9.38 Å². The molecule has 0 bridgehead atoms. The molecular formula is C32H31F4N5O. The van der Waals surface area contributed by atoms with Gasteiger partial charge in [0, 0.05) is 12.1 Å². The van der Waals surface area contributed by atoms with E-state index in [9.17, 15) is 27.6 Å². The zero-order valence-corrected chi connectivity index (χ0v) is 23.0. The number of carbonyl (C=O) groups is 1. The average molecular weight is 578 g/mol. The fourth-order valence-electron chi connectivity index (χ4n) is 4.62. The van der Waals surface area contributed by atoms with Gasteiger partial charge in [0.1, 0.15) is 11.5 Å². The zero-order chi connectivity index (χ0) is 30.5. The first-order valence-corrected chi connectivity index (χ1v) is 13.5. The number of nitriles is 1. The molecule has 1 aliphatic rings. The standard InChI is InChI=1S/C32H31F4N5O/c1-20(14-29(32(34,35)36)40-26-7-3-5-23(16-26)19-38)30(42)41-28-17-25(10-11-27(28)33)31(39,13-12-21-8-9-21)24-6-2-4-22(15-24)18-37/h2-7,10-11,14-17,21H,8-9,12-13,19,38-39H2,1H3,(H,41,42)/b20-14+,40-29?. The topological polar surface area (TPSA) is 117 Å². The summed E-state index contributed by atoms with van der Waals surface area (Å²) in [5.74, 6) is -1.17. The second-order valence-corrected chi connectivity index (χ2v) is 10.5. The monoisotopic (exact) mass is 577 g/mol. The van der Waals surface area contributed by atoms with Crippen molar-refractivity contribution in [1.82, 2.24) is 0 Å². The number of halogens is 4. The molecule has 0 saturated heterocycles. The molecule has 5 N–H and O–H groups in total. The summed E-state index contributed by atoms with van der Waals surface area (Å²) in [6.07, 6.45) is -0.700. The second-order valence-electron chi connectivity index (χ2n) is 10.5. The number of rotatable bonds is 10. The highest BCUT2D eigenvalue weighted by molar-refractivity contribution is 6.10. The SMILES string of the molecule is C/C(=C\C(=Nc1cccc(CN)c1)C(F)(F)F)C(=O)Nc1cc(C(N)(CCC2CC2)c2cccc(C#N)c2)ccc1F. The molecule has 0 radical (unpaired) electrons. The Morgan fingerprint density at radius 1 is 1.10 bits per heavy atom. The van der Waals surface area contributed by atoms with E-state index in [1.807, 2.05) is 0 Å². The van der Waals surface area contributed by atoms with Crippen LogP contribution in [0.4, 0.5) is 28.9 Å². The molecule has 1 amide bonds. The maximum atomic E-state index is 14.9. The number of nitrogens with one attached hydrogen (secondary N) is 1. The molecule has 3 aromatic rings. The highest BCUT2D eigenvalue weighted by Crippen LogP contribution is 2.40. The summed E-state index contributed by atoms with van der Waals surface area (Å²) in [6.45, 7) is 1.31. The fourth-order valence-corrected chi connectivity index (χ4v) is 4.62. The number of hydrogen-bond donors (Lipinski definition) is 3. The van der Waals surface area contributed by atoms with Crippen LogP contribution in [0, 0.1) is 23.1 Å². The molecule has 4 rings (SSSR count). The first-order chi connectivity index (χ1) is 19.9. The van der Waals surface area contributed by atoms with Gasteiger partial charge in [0.25, 0.3) is 5.91 Å². The van der Waals surface area contributed by atoms with Crippen molar-refractivity contribution in [3.8, 4) is 6.07 Å². The number of hydrogen-bond acceptors (Lipinski definition) is 5. The van der Waals surface area contributed by atoms with Gasteiger partial charge in [0.05, 0.1) is 28.5 Å². The number of alkyl halides is 3. The van der Waals surface area contributed by atoms with E-state index in [0.29, 0.717) is 40.7 Å². The lowest BCUT2D eigenvalue weighted by atomic mass is 9.79. The maximum absolute atomic E-state index is 14.9. The molecule has 3 aromatic carbocycles. The highest BCUT2D eigenvalue weighted by Gasteiger charge is 2.35. The highest BCUT2D eigenvalue weighted by atomic mass is 19.4. The van der Waals surface area contributed by atoms with Crippen molar-refractivity contribution in [2.45, 2.75) is 50.9 Å². The number of nitrogens with two attached hydrogens (primary N) is 2. The van der Waals surface area contributed by atoms with Crippen LogP contribution >= 0.6 is 0 Å². The van der Waals surface area contributed by atoms with E-state index in [1.165, 1.54) is 37.3 Å². The number of amides is 1. The van der Waals surface area contributed by atoms with Gasteiger partial charge in [-0.2, -0.15) is 18.4 Å². The van der Waals surface area contributed by atoms with E-state index in [4.69, 9.17) is 11.5 Å². The van der Waals surface area contributed by atoms with E-state index < -0.39 is 29.2 Å². The Morgan fingerprint density at radius 3 is 2.48 bits per heavy atom. The van der Waals surface area contributed by atoms with Gasteiger partial charge in [-0.3, -0.25) is 4.79 Å². The molecule has 42 heavy (non-hydrogen) atoms. The van der Waals surface area contributed by atoms with Crippen molar-refractivity contribution >= 4 is 23.0 Å². The van der Waals surface area contributed by atoms with Crippen LogP contribution in [0.2, 0.25) is 0 Å². The van der Waals surface area contributed by atoms with Gasteiger partial charge in [0.15, 0.2) is 0 Å². The smallest absolute Gasteiger partial charge is 0.326 e. The predicted molar refractivity (Wildman–Crippen MR) is 154 cm³/mol. The van der Waals surface area contributed by atoms with E-state index >= 15 is 0 Å². The van der Waals surface area contributed by atoms with Gasteiger partial charge in [-0.1, -0.05) is 43.2 Å². The van der Waals surface area contributed by atoms with Crippen molar-refractivity contribution in [1.29, 1.82) is 5.26 Å². The van der Waals surface area contributed by atoms with Crippen LogP contribution < -0.4 is 16.8 Å². The number of anilines is 1. The molecule has 0 heterocycles. The van der Waals surface area contributed by atoms with Crippen molar-refractivity contribution < 1.29 is 22.4 Å². The van der Waals surface area contributed by atoms with Crippen molar-refractivity contribution in [3.63, 3.8) is 0 Å². The third kappa shape index (κ3) is 7.49. The Bertz CT molecular complexity index is 1570. The largest absolute Gasteiger partial charge is 0.433 e. The summed E-state index contributed by atoms with van der Waals surface area (Å²) < 4.78 is 56.3. The van der Waals surface area contributed by atoms with Crippen LogP contribution in [-0.4, -0.2) is 17.8 Å². The van der Waals surface area contributed by atoms with Crippen LogP contribution in [0.5, 0.6) is 0 Å². The first kappa shape index (κ1) is 30.6. The number of carbonyl (C=O) groups excluding carboxylic acids is 1. The predicted octanol–water partition coefficient (Wildman–Crippen LogP) is 6.77. The van der Waals surface area contributed by atoms with E-state index in [1.54, 1.807) is 30.3 Å². The summed E-state index contributed by atoms with van der Waals surface area (Å²) in [6, 6.07) is 19.0. The summed E-state index contributed by atoms with van der Waals surface area (Å²) in [5, 5.41) is 11.8. The molecular weight excluding hydrogens is 546 g/mol. The molecule has 10 heteroatoms. The Kier molecular flexibility index (Phi) is 9.24. The molecule has 1 saturated carbocycles. The lowest BCUT2D eigenvalue weighted by Crippen LogP contribution is -2.38. The van der Waals surface area contributed by atoms with Crippen molar-refractivity contribution in [2.24, 2.45) is 22.4 Å². The maximum Gasteiger partial charge on any atom is 0.433 e. The van der Waals surface area contributed by atoms with Gasteiger partial charge in [-0.15, -0.1) is 0 Å². The summed E-state index contributed by atoms with van der Waals surface area (Å²) in [5.41, 5.74) is 11.8. The van der Waals surface area contributed by atoms with Gasteiger partial charge in [0.2, 0.25) is 0 Å². The lowest BCUT2D eigenvalue weighted by Gasteiger charge is -2.32. The Labute approximate surface area is 241 Å². The third-order valence-corrected chi connectivity index (χ3v) is 7.28. The molecule has 218 valence electrons. The third-order valence-electron chi connectivity index (χ3n) is 7.28. The number of nitrogens with zero attached hydrogens (tertiary/aromatic N) is 2. The molecule has 6 nitrogen and oxygen atoms in total. The van der Waals surface area contributed by atoms with E-state index in [0.717, 1.165) is 25.3 Å². The minimum Gasteiger partial charge on any atom is -0.326 e. The molecule has 0 spiro atoms. The van der Waals surface area contributed by atoms with Crippen molar-refractivity contribution in [3.05, 3.63) is 106 Å². The second kappa shape index (κ2) is 12.7. The zero-order valence-electron chi connectivity index (χ0n) is 23.0. The quantitative estimate of drug-likeness (QED) is 0.140. The van der Waals surface area contributed by atoms with Gasteiger partial charge < -0.3 is 16.8 Å². The number of allylic oxidation sites excluding steroid dienone is 1. The number of aliphatic imine (C=N–C) groups is 1. The summed E-state index contributed by atoms with van der Waals surface area (Å²) in [7, 11) is 0. The molecule has 1 aliphatic carbocycles. The molecule has 0 aliphatic heterocycles. The Balaban J connectivity index is 1.65. The molecule has 1 fully saturated rings. The van der Waals surface area contributed by atoms with Crippen molar-refractivity contribution in [2.75, 3.05) is 5.32 Å². The minimum absolute atomic E-state index is 0.0272. The lowest BCUT2D eigenvalue weighted by molar-refractivity contribution is -0.112. The summed E-state index contributed by atoms with van der Waals surface area (Å²) >= 11 is 0. The van der Waals surface area contributed by atoms with Crippen LogP contribution in [-0.2, 0) is 16.9 Å².